The van der Waals surface area contributed by atoms with Crippen LogP contribution in [-0.2, 0) is 11.2 Å². The lowest BCUT2D eigenvalue weighted by Crippen LogP contribution is -2.14. The Bertz CT molecular complexity index is 1280. The van der Waals surface area contributed by atoms with E-state index in [0.29, 0.717) is 19.4 Å². The summed E-state index contributed by atoms with van der Waals surface area (Å²) in [5.41, 5.74) is 6.14. The number of nitrogens with zero attached hydrogens (tertiary/aromatic N) is 3. The molecule has 0 atom stereocenters. The Morgan fingerprint density at radius 2 is 1.85 bits per heavy atom. The summed E-state index contributed by atoms with van der Waals surface area (Å²) >= 11 is 0. The third-order valence-corrected chi connectivity index (χ3v) is 5.60. The van der Waals surface area contributed by atoms with Gasteiger partial charge in [0.1, 0.15) is 11.5 Å². The first-order chi connectivity index (χ1) is 16.0. The number of fused-ring (bicyclic) bond motifs is 1. The highest BCUT2D eigenvalue weighted by molar-refractivity contribution is 5.90. The first kappa shape index (κ1) is 22.3. The van der Waals surface area contributed by atoms with Crippen LogP contribution in [0.1, 0.15) is 30.3 Å². The van der Waals surface area contributed by atoms with Crippen molar-refractivity contribution in [2.24, 2.45) is 0 Å². The van der Waals surface area contributed by atoms with Gasteiger partial charge in [-0.15, -0.1) is 0 Å². The van der Waals surface area contributed by atoms with Crippen LogP contribution in [0.3, 0.4) is 0 Å². The summed E-state index contributed by atoms with van der Waals surface area (Å²) < 4.78 is 12.8. The van der Waals surface area contributed by atoms with Gasteiger partial charge in [0.2, 0.25) is 5.91 Å². The average Bonchev–Trinajstić information content (AvgIpc) is 3.24. The Morgan fingerprint density at radius 1 is 1.09 bits per heavy atom. The number of carbonyl (C=O) groups excluding carboxylic acids is 1. The molecule has 0 aliphatic heterocycles. The Kier molecular flexibility index (Phi) is 6.58. The lowest BCUT2D eigenvalue weighted by molar-refractivity contribution is -0.116. The minimum atomic E-state index is -0.0479. The van der Waals surface area contributed by atoms with Crippen molar-refractivity contribution in [2.75, 3.05) is 19.0 Å². The molecule has 33 heavy (non-hydrogen) atoms. The molecule has 7 heteroatoms. The quantitative estimate of drug-likeness (QED) is 0.414. The monoisotopic (exact) mass is 444 g/mol. The predicted octanol–water partition coefficient (Wildman–Crippen LogP) is 4.99. The van der Waals surface area contributed by atoms with Gasteiger partial charge >= 0.3 is 0 Å². The van der Waals surface area contributed by atoms with Gasteiger partial charge in [0, 0.05) is 35.1 Å². The number of benzene rings is 2. The van der Waals surface area contributed by atoms with Gasteiger partial charge in [0.25, 0.3) is 0 Å². The van der Waals surface area contributed by atoms with Crippen molar-refractivity contribution in [3.63, 3.8) is 0 Å². The van der Waals surface area contributed by atoms with Gasteiger partial charge in [-0.1, -0.05) is 12.1 Å². The Labute approximate surface area is 193 Å². The number of ether oxygens (including phenoxy) is 2. The topological polar surface area (TPSA) is 77.8 Å². The maximum atomic E-state index is 12.5. The fraction of sp³-hybridized carbons (Fsp3) is 0.269. The van der Waals surface area contributed by atoms with Crippen molar-refractivity contribution in [3.05, 3.63) is 71.5 Å². The molecule has 7 nitrogen and oxygen atoms in total. The fourth-order valence-electron chi connectivity index (χ4n) is 3.94. The number of rotatable bonds is 8. The lowest BCUT2D eigenvalue weighted by atomic mass is 10.1. The van der Waals surface area contributed by atoms with Crippen molar-refractivity contribution in [3.8, 4) is 22.8 Å². The second-order valence-electron chi connectivity index (χ2n) is 7.77. The van der Waals surface area contributed by atoms with Crippen LogP contribution < -0.4 is 14.8 Å². The SMILES string of the molecule is CCOc1ccc(NC(=O)CCc2c(C)nc3cc(-c4ccccc4OC)nn3c2C)cc1. The predicted molar refractivity (Wildman–Crippen MR) is 129 cm³/mol. The van der Waals surface area contributed by atoms with Crippen LogP contribution in [0, 0.1) is 13.8 Å². The van der Waals surface area contributed by atoms with Crippen LogP contribution in [0.4, 0.5) is 5.69 Å². The average molecular weight is 445 g/mol. The molecule has 0 aliphatic rings. The van der Waals surface area contributed by atoms with E-state index in [9.17, 15) is 4.79 Å². The second-order valence-corrected chi connectivity index (χ2v) is 7.77. The first-order valence-electron chi connectivity index (χ1n) is 11.0. The smallest absolute Gasteiger partial charge is 0.224 e. The van der Waals surface area contributed by atoms with Crippen molar-refractivity contribution in [1.82, 2.24) is 14.6 Å². The summed E-state index contributed by atoms with van der Waals surface area (Å²) in [6.45, 7) is 6.54. The number of amides is 1. The number of para-hydroxylation sites is 1. The van der Waals surface area contributed by atoms with E-state index in [1.54, 1.807) is 7.11 Å². The first-order valence-corrected chi connectivity index (χ1v) is 11.0. The highest BCUT2D eigenvalue weighted by Crippen LogP contribution is 2.30. The minimum Gasteiger partial charge on any atom is -0.496 e. The molecule has 2 heterocycles. The molecule has 0 spiro atoms. The van der Waals surface area contributed by atoms with E-state index in [1.165, 1.54) is 0 Å². The van der Waals surface area contributed by atoms with Crippen LogP contribution >= 0.6 is 0 Å². The molecular formula is C26H28N4O3. The van der Waals surface area contributed by atoms with Crippen LogP contribution in [-0.4, -0.2) is 34.2 Å². The van der Waals surface area contributed by atoms with Crippen LogP contribution in [0.15, 0.2) is 54.6 Å². The normalized spacial score (nSPS) is 10.9. The lowest BCUT2D eigenvalue weighted by Gasteiger charge is -2.11. The molecule has 0 bridgehead atoms. The van der Waals surface area contributed by atoms with Gasteiger partial charge in [-0.3, -0.25) is 4.79 Å². The molecule has 1 N–H and O–H groups in total. The minimum absolute atomic E-state index is 0.0479. The molecule has 170 valence electrons. The largest absolute Gasteiger partial charge is 0.496 e. The van der Waals surface area contributed by atoms with Crippen LogP contribution in [0.5, 0.6) is 11.5 Å². The second kappa shape index (κ2) is 9.73. The van der Waals surface area contributed by atoms with Gasteiger partial charge in [-0.25, -0.2) is 9.50 Å². The molecule has 0 fully saturated rings. The zero-order valence-electron chi connectivity index (χ0n) is 19.4. The fourth-order valence-corrected chi connectivity index (χ4v) is 3.94. The van der Waals surface area contributed by atoms with E-state index < -0.39 is 0 Å². The van der Waals surface area contributed by atoms with Crippen molar-refractivity contribution < 1.29 is 14.3 Å². The van der Waals surface area contributed by atoms with Crippen molar-refractivity contribution >= 4 is 17.2 Å². The summed E-state index contributed by atoms with van der Waals surface area (Å²) in [7, 11) is 1.65. The summed E-state index contributed by atoms with van der Waals surface area (Å²) in [6.07, 6.45) is 0.927. The van der Waals surface area contributed by atoms with Gasteiger partial charge in [-0.2, -0.15) is 5.10 Å². The molecule has 0 saturated heterocycles. The van der Waals surface area contributed by atoms with Gasteiger partial charge in [0.05, 0.1) is 19.4 Å². The number of aryl methyl sites for hydroxylation is 2. The molecular weight excluding hydrogens is 416 g/mol. The van der Waals surface area contributed by atoms with Crippen LogP contribution in [0.2, 0.25) is 0 Å². The highest BCUT2D eigenvalue weighted by Gasteiger charge is 2.16. The maximum absolute atomic E-state index is 12.5. The highest BCUT2D eigenvalue weighted by atomic mass is 16.5. The molecule has 1 amide bonds. The molecule has 0 aliphatic carbocycles. The Morgan fingerprint density at radius 3 is 2.58 bits per heavy atom. The number of hydrogen-bond acceptors (Lipinski definition) is 5. The molecule has 4 rings (SSSR count). The van der Waals surface area contributed by atoms with Gasteiger partial charge < -0.3 is 14.8 Å². The summed E-state index contributed by atoms with van der Waals surface area (Å²) in [4.78, 5) is 17.3. The molecule has 2 aromatic heterocycles. The molecule has 4 aromatic rings. The van der Waals surface area contributed by atoms with Crippen LogP contribution in [0.25, 0.3) is 16.9 Å². The number of nitrogens with one attached hydrogen (secondary N) is 1. The van der Waals surface area contributed by atoms with E-state index >= 15 is 0 Å². The van der Waals surface area contributed by atoms with E-state index in [4.69, 9.17) is 19.6 Å². The van der Waals surface area contributed by atoms with E-state index in [0.717, 1.165) is 51.0 Å². The summed E-state index contributed by atoms with van der Waals surface area (Å²) in [5, 5.41) is 7.72. The number of hydrogen-bond donors (Lipinski definition) is 1. The molecule has 0 unspecified atom stereocenters. The van der Waals surface area contributed by atoms with Gasteiger partial charge in [0.15, 0.2) is 5.65 Å². The zero-order valence-corrected chi connectivity index (χ0v) is 19.4. The van der Waals surface area contributed by atoms with E-state index in [1.807, 2.05) is 79.9 Å². The maximum Gasteiger partial charge on any atom is 0.224 e. The number of aromatic nitrogens is 3. The van der Waals surface area contributed by atoms with Gasteiger partial charge in [-0.05, 0) is 69.2 Å². The van der Waals surface area contributed by atoms with Crippen molar-refractivity contribution in [1.29, 1.82) is 0 Å². The third kappa shape index (κ3) is 4.82. The van der Waals surface area contributed by atoms with E-state index in [2.05, 4.69) is 5.32 Å². The number of methoxy groups -OCH3 is 1. The Balaban J connectivity index is 1.51. The molecule has 0 saturated carbocycles. The molecule has 0 radical (unpaired) electrons. The summed E-state index contributed by atoms with van der Waals surface area (Å²) in [6, 6.07) is 17.1. The number of carbonyl (C=O) groups is 1. The van der Waals surface area contributed by atoms with E-state index in [-0.39, 0.29) is 5.91 Å². The summed E-state index contributed by atoms with van der Waals surface area (Å²) in [5.74, 6) is 1.50. The number of anilines is 1. The molecule has 2 aromatic carbocycles. The standard InChI is InChI=1S/C26H28N4O3/c1-5-33-20-12-10-19(11-13-20)28-26(31)15-14-21-17(2)27-25-16-23(29-30(25)18(21)3)22-8-6-7-9-24(22)32-4/h6-13,16H,5,14-15H2,1-4H3,(H,28,31). The van der Waals surface area contributed by atoms with Crippen molar-refractivity contribution in [2.45, 2.75) is 33.6 Å². The third-order valence-electron chi connectivity index (χ3n) is 5.60. The zero-order chi connectivity index (χ0) is 23.4. The Hall–Kier alpha value is -3.87.